The highest BCUT2D eigenvalue weighted by Crippen LogP contribution is 2.36. The second kappa shape index (κ2) is 5.37. The molecular formula is C15H10ClF2NO2S. The topological polar surface area (TPSA) is 39.1 Å². The fourth-order valence-electron chi connectivity index (χ4n) is 2.32. The van der Waals surface area contributed by atoms with Gasteiger partial charge >= 0.3 is 0 Å². The standard InChI is InChI=1S/C15H10ClF2NO2S/c16-12-7-6-10-8-9-19(14(10)13(12)15(17)18)22(20,21)11-4-2-1-3-5-11/h1-9,15H. The predicted molar refractivity (Wildman–Crippen MR) is 80.9 cm³/mol. The molecule has 0 aliphatic rings. The van der Waals surface area contributed by atoms with Gasteiger partial charge in [-0.05, 0) is 24.3 Å². The molecule has 1 heterocycles. The molecule has 0 aliphatic carbocycles. The highest BCUT2D eigenvalue weighted by atomic mass is 35.5. The van der Waals surface area contributed by atoms with Crippen molar-refractivity contribution in [3.05, 3.63) is 65.3 Å². The Morgan fingerprint density at radius 2 is 1.68 bits per heavy atom. The summed E-state index contributed by atoms with van der Waals surface area (Å²) in [4.78, 5) is 0.0210. The van der Waals surface area contributed by atoms with Crippen molar-refractivity contribution >= 4 is 32.5 Å². The van der Waals surface area contributed by atoms with E-state index in [-0.39, 0.29) is 15.4 Å². The van der Waals surface area contributed by atoms with Gasteiger partial charge in [-0.1, -0.05) is 35.9 Å². The molecule has 0 saturated carbocycles. The van der Waals surface area contributed by atoms with Crippen LogP contribution in [0.4, 0.5) is 8.78 Å². The Kier molecular flexibility index (Phi) is 3.66. The number of alkyl halides is 2. The zero-order valence-corrected chi connectivity index (χ0v) is 12.7. The molecule has 114 valence electrons. The van der Waals surface area contributed by atoms with Crippen LogP contribution in [0.25, 0.3) is 10.9 Å². The van der Waals surface area contributed by atoms with Gasteiger partial charge in [-0.3, -0.25) is 0 Å². The van der Waals surface area contributed by atoms with Gasteiger partial charge in [0.05, 0.1) is 21.0 Å². The van der Waals surface area contributed by atoms with E-state index in [0.29, 0.717) is 5.39 Å². The van der Waals surface area contributed by atoms with Crippen molar-refractivity contribution in [1.29, 1.82) is 0 Å². The van der Waals surface area contributed by atoms with Gasteiger partial charge in [0.15, 0.2) is 0 Å². The Hall–Kier alpha value is -1.92. The van der Waals surface area contributed by atoms with E-state index >= 15 is 0 Å². The number of nitrogens with zero attached hydrogens (tertiary/aromatic N) is 1. The smallest absolute Gasteiger partial charge is 0.241 e. The molecule has 0 N–H and O–H groups in total. The second-order valence-electron chi connectivity index (χ2n) is 4.63. The predicted octanol–water partition coefficient (Wildman–Crippen LogP) is 4.47. The highest BCUT2D eigenvalue weighted by Gasteiger charge is 2.24. The van der Waals surface area contributed by atoms with E-state index in [9.17, 15) is 17.2 Å². The molecule has 0 spiro atoms. The lowest BCUT2D eigenvalue weighted by Crippen LogP contribution is -2.12. The minimum absolute atomic E-state index is 0.0210. The first-order chi connectivity index (χ1) is 10.4. The van der Waals surface area contributed by atoms with Crippen molar-refractivity contribution in [1.82, 2.24) is 3.97 Å². The van der Waals surface area contributed by atoms with E-state index in [4.69, 9.17) is 11.6 Å². The fraction of sp³-hybridized carbons (Fsp3) is 0.0667. The highest BCUT2D eigenvalue weighted by molar-refractivity contribution is 7.90. The van der Waals surface area contributed by atoms with Gasteiger partial charge in [-0.15, -0.1) is 0 Å². The van der Waals surface area contributed by atoms with E-state index in [2.05, 4.69) is 0 Å². The van der Waals surface area contributed by atoms with Crippen LogP contribution >= 0.6 is 11.6 Å². The van der Waals surface area contributed by atoms with Crippen LogP contribution in [0.15, 0.2) is 59.6 Å². The molecule has 2 aromatic carbocycles. The summed E-state index contributed by atoms with van der Waals surface area (Å²) in [6.07, 6.45) is -1.62. The third-order valence-electron chi connectivity index (χ3n) is 3.32. The van der Waals surface area contributed by atoms with Crippen LogP contribution < -0.4 is 0 Å². The lowest BCUT2D eigenvalue weighted by atomic mass is 10.1. The molecule has 0 bridgehead atoms. The molecular weight excluding hydrogens is 332 g/mol. The normalized spacial score (nSPS) is 12.2. The van der Waals surface area contributed by atoms with E-state index in [0.717, 1.165) is 3.97 Å². The van der Waals surface area contributed by atoms with E-state index in [1.807, 2.05) is 0 Å². The molecule has 3 nitrogen and oxygen atoms in total. The average molecular weight is 342 g/mol. The summed E-state index contributed by atoms with van der Waals surface area (Å²) in [5, 5.41) is 0.227. The molecule has 22 heavy (non-hydrogen) atoms. The van der Waals surface area contributed by atoms with Crippen LogP contribution in [0.2, 0.25) is 5.02 Å². The van der Waals surface area contributed by atoms with Crippen LogP contribution in [-0.2, 0) is 10.0 Å². The quantitative estimate of drug-likeness (QED) is 0.705. The van der Waals surface area contributed by atoms with Gasteiger partial charge in [-0.25, -0.2) is 21.2 Å². The molecule has 3 aromatic rings. The Morgan fingerprint density at radius 1 is 1.00 bits per heavy atom. The third-order valence-corrected chi connectivity index (χ3v) is 5.34. The molecule has 0 amide bonds. The van der Waals surface area contributed by atoms with Crippen molar-refractivity contribution in [2.24, 2.45) is 0 Å². The first-order valence-electron chi connectivity index (χ1n) is 6.31. The number of halogens is 3. The maximum absolute atomic E-state index is 13.3. The molecule has 0 fully saturated rings. The van der Waals surface area contributed by atoms with Gasteiger partial charge in [-0.2, -0.15) is 0 Å². The molecule has 7 heteroatoms. The minimum atomic E-state index is -3.97. The fourth-order valence-corrected chi connectivity index (χ4v) is 3.95. The van der Waals surface area contributed by atoms with Crippen LogP contribution in [0, 0.1) is 0 Å². The Bertz CT molecular complexity index is 937. The van der Waals surface area contributed by atoms with Crippen molar-refractivity contribution in [2.45, 2.75) is 11.3 Å². The summed E-state index contributed by atoms with van der Waals surface area (Å²) in [5.41, 5.74) is -0.574. The molecule has 3 rings (SSSR count). The minimum Gasteiger partial charge on any atom is -0.241 e. The summed E-state index contributed by atoms with van der Waals surface area (Å²) < 4.78 is 52.8. The van der Waals surface area contributed by atoms with Crippen molar-refractivity contribution < 1.29 is 17.2 Å². The van der Waals surface area contributed by atoms with Crippen LogP contribution in [0.1, 0.15) is 12.0 Å². The summed E-state index contributed by atoms with van der Waals surface area (Å²) in [6.45, 7) is 0. The average Bonchev–Trinajstić information content (AvgIpc) is 2.92. The second-order valence-corrected chi connectivity index (χ2v) is 6.85. The van der Waals surface area contributed by atoms with E-state index in [1.54, 1.807) is 18.2 Å². The number of hydrogen-bond donors (Lipinski definition) is 0. The molecule has 0 atom stereocenters. The molecule has 0 saturated heterocycles. The van der Waals surface area contributed by atoms with Crippen molar-refractivity contribution in [3.8, 4) is 0 Å². The van der Waals surface area contributed by atoms with Gasteiger partial charge in [0.2, 0.25) is 0 Å². The van der Waals surface area contributed by atoms with Gasteiger partial charge in [0.1, 0.15) is 0 Å². The van der Waals surface area contributed by atoms with Crippen molar-refractivity contribution in [3.63, 3.8) is 0 Å². The summed E-state index contributed by atoms with van der Waals surface area (Å²) >= 11 is 5.84. The summed E-state index contributed by atoms with van der Waals surface area (Å²) in [5.74, 6) is 0. The lowest BCUT2D eigenvalue weighted by molar-refractivity contribution is 0.153. The Labute approximate surface area is 130 Å². The molecule has 1 aromatic heterocycles. The molecule has 0 unspecified atom stereocenters. The monoisotopic (exact) mass is 341 g/mol. The molecule has 0 aliphatic heterocycles. The van der Waals surface area contributed by atoms with Crippen LogP contribution in [0.5, 0.6) is 0 Å². The first-order valence-corrected chi connectivity index (χ1v) is 8.13. The Balaban J connectivity index is 2.36. The SMILES string of the molecule is O=S(=O)(c1ccccc1)n1ccc2ccc(Cl)c(C(F)F)c21. The van der Waals surface area contributed by atoms with Crippen LogP contribution in [0.3, 0.4) is 0 Å². The lowest BCUT2D eigenvalue weighted by Gasteiger charge is -2.11. The van der Waals surface area contributed by atoms with Gasteiger partial charge < -0.3 is 0 Å². The summed E-state index contributed by atoms with van der Waals surface area (Å²) in [6, 6.07) is 12.0. The zero-order valence-electron chi connectivity index (χ0n) is 11.1. The molecule has 0 radical (unpaired) electrons. The van der Waals surface area contributed by atoms with Crippen molar-refractivity contribution in [2.75, 3.05) is 0 Å². The van der Waals surface area contributed by atoms with E-state index in [1.165, 1.54) is 36.5 Å². The maximum Gasteiger partial charge on any atom is 0.268 e. The first kappa shape index (κ1) is 15.0. The largest absolute Gasteiger partial charge is 0.268 e. The zero-order chi connectivity index (χ0) is 15.9. The Morgan fingerprint density at radius 3 is 2.32 bits per heavy atom. The third kappa shape index (κ3) is 2.28. The number of fused-ring (bicyclic) bond motifs is 1. The van der Waals surface area contributed by atoms with Gasteiger partial charge in [0.25, 0.3) is 16.4 Å². The number of aromatic nitrogens is 1. The van der Waals surface area contributed by atoms with Gasteiger partial charge in [0, 0.05) is 11.6 Å². The van der Waals surface area contributed by atoms with E-state index < -0.39 is 22.0 Å². The number of benzene rings is 2. The number of hydrogen-bond acceptors (Lipinski definition) is 2. The van der Waals surface area contributed by atoms with Crippen LogP contribution in [-0.4, -0.2) is 12.4 Å². The maximum atomic E-state index is 13.3. The number of rotatable bonds is 3. The summed E-state index contributed by atoms with van der Waals surface area (Å²) in [7, 11) is -3.97.